The molecule has 1 aliphatic rings. The van der Waals surface area contributed by atoms with E-state index in [9.17, 15) is 0 Å². The Hall–Kier alpha value is -0.0800. The molecular formula is C15H32N2. The van der Waals surface area contributed by atoms with Crippen molar-refractivity contribution < 1.29 is 0 Å². The molecule has 1 fully saturated rings. The standard InChI is InChI=1S/C15H32N2/c1-6-14(7-2)11-17-12-15(5,8-3)16-10-9-13(17)4/h13-14,16H,6-12H2,1-5H3. The van der Waals surface area contributed by atoms with Crippen molar-refractivity contribution in [1.29, 1.82) is 0 Å². The molecule has 0 aromatic carbocycles. The van der Waals surface area contributed by atoms with E-state index >= 15 is 0 Å². The maximum absolute atomic E-state index is 3.74. The highest BCUT2D eigenvalue weighted by Gasteiger charge is 2.30. The van der Waals surface area contributed by atoms with Crippen molar-refractivity contribution in [3.8, 4) is 0 Å². The van der Waals surface area contributed by atoms with E-state index in [-0.39, 0.29) is 0 Å². The second-order valence-corrected chi connectivity index (χ2v) is 6.09. The Morgan fingerprint density at radius 1 is 1.29 bits per heavy atom. The zero-order chi connectivity index (χ0) is 12.9. The average Bonchev–Trinajstić information content (AvgIpc) is 2.47. The molecule has 1 rings (SSSR count). The molecule has 2 heteroatoms. The van der Waals surface area contributed by atoms with E-state index in [0.717, 1.165) is 12.0 Å². The molecule has 0 spiro atoms. The average molecular weight is 240 g/mol. The monoisotopic (exact) mass is 240 g/mol. The van der Waals surface area contributed by atoms with E-state index in [0.29, 0.717) is 5.54 Å². The number of nitrogens with zero attached hydrogens (tertiary/aromatic N) is 1. The van der Waals surface area contributed by atoms with Gasteiger partial charge in [0.15, 0.2) is 0 Å². The van der Waals surface area contributed by atoms with Crippen LogP contribution in [0.25, 0.3) is 0 Å². The van der Waals surface area contributed by atoms with Crippen LogP contribution in [0.5, 0.6) is 0 Å². The molecule has 1 aliphatic heterocycles. The molecule has 1 heterocycles. The van der Waals surface area contributed by atoms with Crippen LogP contribution in [-0.4, -0.2) is 36.1 Å². The Balaban J connectivity index is 2.65. The van der Waals surface area contributed by atoms with E-state index < -0.39 is 0 Å². The SMILES string of the molecule is CCC(CC)CN1CC(C)(CC)NCCC1C. The number of hydrogen-bond acceptors (Lipinski definition) is 2. The maximum Gasteiger partial charge on any atom is 0.0277 e. The molecule has 2 unspecified atom stereocenters. The zero-order valence-corrected chi connectivity index (χ0v) is 12.6. The molecule has 2 atom stereocenters. The van der Waals surface area contributed by atoms with Gasteiger partial charge < -0.3 is 5.32 Å². The molecule has 0 bridgehead atoms. The molecular weight excluding hydrogens is 208 g/mol. The lowest BCUT2D eigenvalue weighted by atomic mass is 9.96. The normalized spacial score (nSPS) is 31.8. The molecule has 0 saturated carbocycles. The van der Waals surface area contributed by atoms with Crippen molar-refractivity contribution in [3.63, 3.8) is 0 Å². The summed E-state index contributed by atoms with van der Waals surface area (Å²) in [4.78, 5) is 2.72. The van der Waals surface area contributed by atoms with Gasteiger partial charge in [0.2, 0.25) is 0 Å². The summed E-state index contributed by atoms with van der Waals surface area (Å²) in [6, 6.07) is 0.733. The molecule has 1 saturated heterocycles. The Bertz CT molecular complexity index is 213. The Morgan fingerprint density at radius 3 is 2.47 bits per heavy atom. The summed E-state index contributed by atoms with van der Waals surface area (Å²) in [5.74, 6) is 0.872. The van der Waals surface area contributed by atoms with Crippen molar-refractivity contribution in [1.82, 2.24) is 10.2 Å². The molecule has 0 aliphatic carbocycles. The summed E-state index contributed by atoms with van der Waals surface area (Å²) >= 11 is 0. The Morgan fingerprint density at radius 2 is 1.94 bits per heavy atom. The van der Waals surface area contributed by atoms with E-state index in [1.54, 1.807) is 0 Å². The lowest BCUT2D eigenvalue weighted by molar-refractivity contribution is 0.143. The summed E-state index contributed by atoms with van der Waals surface area (Å²) < 4.78 is 0. The Labute approximate surface area is 108 Å². The highest BCUT2D eigenvalue weighted by atomic mass is 15.2. The first kappa shape index (κ1) is 15.0. The summed E-state index contributed by atoms with van der Waals surface area (Å²) in [7, 11) is 0. The largest absolute Gasteiger partial charge is 0.310 e. The fourth-order valence-electron chi connectivity index (χ4n) is 2.79. The van der Waals surface area contributed by atoms with Crippen molar-refractivity contribution in [2.75, 3.05) is 19.6 Å². The first-order chi connectivity index (χ1) is 8.04. The second-order valence-electron chi connectivity index (χ2n) is 6.09. The van der Waals surface area contributed by atoms with E-state index in [2.05, 4.69) is 44.8 Å². The number of rotatable bonds is 5. The topological polar surface area (TPSA) is 15.3 Å². The van der Waals surface area contributed by atoms with Gasteiger partial charge in [0.1, 0.15) is 0 Å². The van der Waals surface area contributed by atoms with Crippen LogP contribution in [0.3, 0.4) is 0 Å². The molecule has 17 heavy (non-hydrogen) atoms. The van der Waals surface area contributed by atoms with Crippen molar-refractivity contribution >= 4 is 0 Å². The lowest BCUT2D eigenvalue weighted by Gasteiger charge is -2.36. The Kier molecular flexibility index (Phi) is 5.94. The number of hydrogen-bond donors (Lipinski definition) is 1. The van der Waals surface area contributed by atoms with Gasteiger partial charge in [-0.15, -0.1) is 0 Å². The summed E-state index contributed by atoms with van der Waals surface area (Å²) in [5.41, 5.74) is 0.316. The van der Waals surface area contributed by atoms with Crippen LogP contribution in [0, 0.1) is 5.92 Å². The van der Waals surface area contributed by atoms with Crippen LogP contribution in [0.15, 0.2) is 0 Å². The van der Waals surface area contributed by atoms with Crippen LogP contribution in [0.4, 0.5) is 0 Å². The highest BCUT2D eigenvalue weighted by molar-refractivity contribution is 4.90. The fraction of sp³-hybridized carbons (Fsp3) is 1.00. The quantitative estimate of drug-likeness (QED) is 0.793. The van der Waals surface area contributed by atoms with Gasteiger partial charge in [-0.25, -0.2) is 0 Å². The van der Waals surface area contributed by atoms with Crippen LogP contribution < -0.4 is 5.32 Å². The van der Waals surface area contributed by atoms with Gasteiger partial charge in [-0.05, 0) is 39.2 Å². The smallest absolute Gasteiger partial charge is 0.0277 e. The third-order valence-electron chi connectivity index (χ3n) is 4.72. The fourth-order valence-corrected chi connectivity index (χ4v) is 2.79. The molecule has 0 aromatic heterocycles. The van der Waals surface area contributed by atoms with Crippen molar-refractivity contribution in [2.45, 2.75) is 71.9 Å². The molecule has 0 aromatic rings. The molecule has 0 radical (unpaired) electrons. The van der Waals surface area contributed by atoms with Crippen LogP contribution in [0.1, 0.15) is 60.3 Å². The van der Waals surface area contributed by atoms with Gasteiger partial charge in [0, 0.05) is 24.7 Å². The summed E-state index contributed by atoms with van der Waals surface area (Å²) in [6.45, 7) is 15.4. The molecule has 102 valence electrons. The van der Waals surface area contributed by atoms with Crippen LogP contribution >= 0.6 is 0 Å². The molecule has 2 nitrogen and oxygen atoms in total. The van der Waals surface area contributed by atoms with Gasteiger partial charge in [-0.3, -0.25) is 4.90 Å². The minimum atomic E-state index is 0.316. The predicted molar refractivity (Wildman–Crippen MR) is 76.4 cm³/mol. The highest BCUT2D eigenvalue weighted by Crippen LogP contribution is 2.21. The first-order valence-corrected chi connectivity index (χ1v) is 7.53. The van der Waals surface area contributed by atoms with Gasteiger partial charge in [-0.1, -0.05) is 33.6 Å². The first-order valence-electron chi connectivity index (χ1n) is 7.53. The minimum absolute atomic E-state index is 0.316. The van der Waals surface area contributed by atoms with Crippen molar-refractivity contribution in [2.24, 2.45) is 5.92 Å². The van der Waals surface area contributed by atoms with Gasteiger partial charge in [0.25, 0.3) is 0 Å². The van der Waals surface area contributed by atoms with Gasteiger partial charge in [0.05, 0.1) is 0 Å². The lowest BCUT2D eigenvalue weighted by Crippen LogP contribution is -2.50. The summed E-state index contributed by atoms with van der Waals surface area (Å²) in [5, 5.41) is 3.74. The van der Waals surface area contributed by atoms with E-state index in [4.69, 9.17) is 0 Å². The molecule has 0 amide bonds. The zero-order valence-electron chi connectivity index (χ0n) is 12.6. The second kappa shape index (κ2) is 6.75. The van der Waals surface area contributed by atoms with E-state index in [1.165, 1.54) is 45.3 Å². The van der Waals surface area contributed by atoms with Gasteiger partial charge >= 0.3 is 0 Å². The third-order valence-corrected chi connectivity index (χ3v) is 4.72. The van der Waals surface area contributed by atoms with Crippen LogP contribution in [-0.2, 0) is 0 Å². The summed E-state index contributed by atoms with van der Waals surface area (Å²) in [6.07, 6.45) is 5.14. The predicted octanol–water partition coefficient (Wildman–Crippen LogP) is 3.28. The maximum atomic E-state index is 3.74. The minimum Gasteiger partial charge on any atom is -0.310 e. The third kappa shape index (κ3) is 4.26. The van der Waals surface area contributed by atoms with Crippen molar-refractivity contribution in [3.05, 3.63) is 0 Å². The van der Waals surface area contributed by atoms with E-state index in [1.807, 2.05) is 0 Å². The molecule has 1 N–H and O–H groups in total. The van der Waals surface area contributed by atoms with Crippen LogP contribution in [0.2, 0.25) is 0 Å². The number of nitrogens with one attached hydrogen (secondary N) is 1. The van der Waals surface area contributed by atoms with Gasteiger partial charge in [-0.2, -0.15) is 0 Å².